The maximum Gasteiger partial charge on any atom is 0.286 e. The molecule has 2 heterocycles. The van der Waals surface area contributed by atoms with Crippen LogP contribution in [0.5, 0.6) is 0 Å². The number of morpholine rings is 1. The molecule has 0 radical (unpaired) electrons. The van der Waals surface area contributed by atoms with E-state index < -0.39 is 0 Å². The summed E-state index contributed by atoms with van der Waals surface area (Å²) in [4.78, 5) is 19.0. The molecule has 1 saturated heterocycles. The minimum Gasteiger partial charge on any atom is -0.378 e. The minimum atomic E-state index is -0.139. The Labute approximate surface area is 122 Å². The van der Waals surface area contributed by atoms with Crippen LogP contribution >= 0.6 is 11.8 Å². The van der Waals surface area contributed by atoms with Crippen LogP contribution in [0.1, 0.15) is 11.1 Å². The first-order valence-corrected chi connectivity index (χ1v) is 7.46. The van der Waals surface area contributed by atoms with Gasteiger partial charge in [0.15, 0.2) is 5.17 Å². The zero-order valence-corrected chi connectivity index (χ0v) is 12.2. The Balaban J connectivity index is 1.78. The minimum absolute atomic E-state index is 0.139. The van der Waals surface area contributed by atoms with E-state index in [0.717, 1.165) is 29.4 Å². The molecule has 1 aromatic rings. The Morgan fingerprint density at radius 2 is 2.05 bits per heavy atom. The molecule has 2 aliphatic heterocycles. The number of aliphatic imine (C=N–C) groups is 1. The number of amides is 1. The van der Waals surface area contributed by atoms with E-state index in [-0.39, 0.29) is 5.91 Å². The Bertz CT molecular complexity index is 589. The second-order valence-corrected chi connectivity index (χ2v) is 5.78. The molecule has 0 aromatic heterocycles. The summed E-state index contributed by atoms with van der Waals surface area (Å²) >= 11 is 1.46. The summed E-state index contributed by atoms with van der Waals surface area (Å²) in [6.07, 6.45) is 1.93. The first kappa shape index (κ1) is 13.4. The van der Waals surface area contributed by atoms with Gasteiger partial charge in [-0.05, 0) is 35.9 Å². The third-order valence-corrected chi connectivity index (χ3v) is 4.41. The van der Waals surface area contributed by atoms with Crippen molar-refractivity contribution in [3.63, 3.8) is 0 Å². The van der Waals surface area contributed by atoms with Crippen LogP contribution in [0.15, 0.2) is 34.2 Å². The SMILES string of the molecule is Cc1ccccc1/C=C1/SC(N2CCOCC2)=NC1=O. The van der Waals surface area contributed by atoms with Crippen molar-refractivity contribution >= 4 is 28.9 Å². The number of carbonyl (C=O) groups is 1. The number of aryl methyl sites for hydroxylation is 1. The maximum atomic E-state index is 12.0. The van der Waals surface area contributed by atoms with Gasteiger partial charge in [-0.1, -0.05) is 24.3 Å². The van der Waals surface area contributed by atoms with Gasteiger partial charge in [-0.15, -0.1) is 0 Å². The molecule has 0 atom stereocenters. The van der Waals surface area contributed by atoms with Crippen molar-refractivity contribution in [2.24, 2.45) is 4.99 Å². The van der Waals surface area contributed by atoms with E-state index in [2.05, 4.69) is 9.89 Å². The number of benzene rings is 1. The van der Waals surface area contributed by atoms with Crippen molar-refractivity contribution in [3.05, 3.63) is 40.3 Å². The van der Waals surface area contributed by atoms with Crippen LogP contribution in [-0.2, 0) is 9.53 Å². The fourth-order valence-electron chi connectivity index (χ4n) is 2.18. The van der Waals surface area contributed by atoms with Crippen molar-refractivity contribution < 1.29 is 9.53 Å². The molecule has 1 aromatic carbocycles. The molecule has 0 spiro atoms. The van der Waals surface area contributed by atoms with Gasteiger partial charge in [0.25, 0.3) is 5.91 Å². The number of rotatable bonds is 1. The van der Waals surface area contributed by atoms with Gasteiger partial charge in [-0.3, -0.25) is 4.79 Å². The fraction of sp³-hybridized carbons (Fsp3) is 0.333. The highest BCUT2D eigenvalue weighted by molar-refractivity contribution is 8.18. The largest absolute Gasteiger partial charge is 0.378 e. The highest BCUT2D eigenvalue weighted by Gasteiger charge is 2.27. The van der Waals surface area contributed by atoms with Crippen LogP contribution in [0.4, 0.5) is 0 Å². The lowest BCUT2D eigenvalue weighted by molar-refractivity contribution is -0.113. The predicted octanol–water partition coefficient (Wildman–Crippen LogP) is 2.30. The van der Waals surface area contributed by atoms with E-state index in [0.29, 0.717) is 18.1 Å². The molecule has 0 N–H and O–H groups in total. The molecule has 3 rings (SSSR count). The van der Waals surface area contributed by atoms with Crippen LogP contribution in [-0.4, -0.2) is 42.3 Å². The lowest BCUT2D eigenvalue weighted by Gasteiger charge is -2.27. The maximum absolute atomic E-state index is 12.0. The Hall–Kier alpha value is -1.59. The molecular weight excluding hydrogens is 272 g/mol. The van der Waals surface area contributed by atoms with Crippen molar-refractivity contribution in [2.75, 3.05) is 26.3 Å². The monoisotopic (exact) mass is 288 g/mol. The molecule has 0 bridgehead atoms. The molecule has 20 heavy (non-hydrogen) atoms. The average Bonchev–Trinajstić information content (AvgIpc) is 2.84. The summed E-state index contributed by atoms with van der Waals surface area (Å²) < 4.78 is 5.32. The third-order valence-electron chi connectivity index (χ3n) is 3.37. The van der Waals surface area contributed by atoms with Gasteiger partial charge in [0.1, 0.15) is 0 Å². The van der Waals surface area contributed by atoms with E-state index in [1.54, 1.807) is 0 Å². The van der Waals surface area contributed by atoms with Gasteiger partial charge < -0.3 is 9.64 Å². The zero-order chi connectivity index (χ0) is 13.9. The van der Waals surface area contributed by atoms with Crippen molar-refractivity contribution in [3.8, 4) is 0 Å². The van der Waals surface area contributed by atoms with E-state index in [4.69, 9.17) is 4.74 Å². The van der Waals surface area contributed by atoms with E-state index in [9.17, 15) is 4.79 Å². The van der Waals surface area contributed by atoms with E-state index in [1.165, 1.54) is 11.8 Å². The number of hydrogen-bond acceptors (Lipinski definition) is 4. The van der Waals surface area contributed by atoms with Gasteiger partial charge in [-0.2, -0.15) is 4.99 Å². The van der Waals surface area contributed by atoms with E-state index >= 15 is 0 Å². The van der Waals surface area contributed by atoms with Gasteiger partial charge in [0.2, 0.25) is 0 Å². The van der Waals surface area contributed by atoms with Crippen molar-refractivity contribution in [2.45, 2.75) is 6.92 Å². The number of nitrogens with zero attached hydrogens (tertiary/aromatic N) is 2. The Morgan fingerprint density at radius 1 is 1.30 bits per heavy atom. The summed E-state index contributed by atoms with van der Waals surface area (Å²) in [5, 5.41) is 0.804. The third kappa shape index (κ3) is 2.78. The molecule has 2 aliphatic rings. The van der Waals surface area contributed by atoms with Gasteiger partial charge in [0, 0.05) is 13.1 Å². The summed E-state index contributed by atoms with van der Waals surface area (Å²) in [6, 6.07) is 8.03. The zero-order valence-electron chi connectivity index (χ0n) is 11.3. The molecule has 0 unspecified atom stereocenters. The van der Waals surface area contributed by atoms with Crippen LogP contribution in [0, 0.1) is 6.92 Å². The normalized spacial score (nSPS) is 21.4. The molecule has 4 nitrogen and oxygen atoms in total. The quantitative estimate of drug-likeness (QED) is 0.744. The van der Waals surface area contributed by atoms with Crippen molar-refractivity contribution in [1.29, 1.82) is 0 Å². The molecular formula is C15H16N2O2S. The van der Waals surface area contributed by atoms with Gasteiger partial charge in [-0.25, -0.2) is 0 Å². The fourth-order valence-corrected chi connectivity index (χ4v) is 3.13. The predicted molar refractivity (Wildman–Crippen MR) is 81.6 cm³/mol. The molecule has 0 aliphatic carbocycles. The summed E-state index contributed by atoms with van der Waals surface area (Å²) in [5.41, 5.74) is 2.23. The number of carbonyl (C=O) groups excluding carboxylic acids is 1. The van der Waals surface area contributed by atoms with Crippen LogP contribution in [0.25, 0.3) is 6.08 Å². The number of hydrogen-bond donors (Lipinski definition) is 0. The molecule has 5 heteroatoms. The number of amidine groups is 1. The molecule has 0 saturated carbocycles. The van der Waals surface area contributed by atoms with Crippen LogP contribution in [0.2, 0.25) is 0 Å². The van der Waals surface area contributed by atoms with Crippen LogP contribution in [0.3, 0.4) is 0 Å². The highest BCUT2D eigenvalue weighted by atomic mass is 32.2. The number of thioether (sulfide) groups is 1. The highest BCUT2D eigenvalue weighted by Crippen LogP contribution is 2.30. The Kier molecular flexibility index (Phi) is 3.89. The molecule has 1 fully saturated rings. The summed E-state index contributed by atoms with van der Waals surface area (Å²) in [7, 11) is 0. The summed E-state index contributed by atoms with van der Waals surface area (Å²) in [6.45, 7) is 5.04. The summed E-state index contributed by atoms with van der Waals surface area (Å²) in [5.74, 6) is -0.139. The lowest BCUT2D eigenvalue weighted by Crippen LogP contribution is -2.38. The smallest absolute Gasteiger partial charge is 0.286 e. The Morgan fingerprint density at radius 3 is 2.80 bits per heavy atom. The molecule has 1 amide bonds. The topological polar surface area (TPSA) is 41.9 Å². The second kappa shape index (κ2) is 5.81. The van der Waals surface area contributed by atoms with Gasteiger partial charge >= 0.3 is 0 Å². The van der Waals surface area contributed by atoms with E-state index in [1.807, 2.05) is 37.3 Å². The first-order chi connectivity index (χ1) is 9.74. The van der Waals surface area contributed by atoms with Crippen LogP contribution < -0.4 is 0 Å². The number of ether oxygens (including phenoxy) is 1. The standard InChI is InChI=1S/C15H16N2O2S/c1-11-4-2-3-5-12(11)10-13-14(18)16-15(20-13)17-6-8-19-9-7-17/h2-5,10H,6-9H2,1H3/b13-10+. The van der Waals surface area contributed by atoms with Gasteiger partial charge in [0.05, 0.1) is 18.1 Å². The average molecular weight is 288 g/mol. The first-order valence-electron chi connectivity index (χ1n) is 6.65. The molecule has 104 valence electrons. The second-order valence-electron chi connectivity index (χ2n) is 4.77. The van der Waals surface area contributed by atoms with Crippen molar-refractivity contribution in [1.82, 2.24) is 4.90 Å². The lowest BCUT2D eigenvalue weighted by atomic mass is 10.1.